The quantitative estimate of drug-likeness (QED) is 0.731. The normalized spacial score (nSPS) is 18.2. The predicted octanol–water partition coefficient (Wildman–Crippen LogP) is 3.60. The van der Waals surface area contributed by atoms with Crippen LogP contribution in [0.3, 0.4) is 0 Å². The molecule has 4 heterocycles. The lowest BCUT2D eigenvalue weighted by atomic mass is 10.1. The van der Waals surface area contributed by atoms with Gasteiger partial charge in [-0.05, 0) is 32.3 Å². The van der Waals surface area contributed by atoms with Crippen LogP contribution in [0.25, 0.3) is 10.2 Å². The zero-order valence-corrected chi connectivity index (χ0v) is 14.4. The molecule has 0 bridgehead atoms. The van der Waals surface area contributed by atoms with Gasteiger partial charge in [0.2, 0.25) is 5.89 Å². The molecule has 4 rings (SSSR count). The van der Waals surface area contributed by atoms with E-state index < -0.39 is 0 Å². The Balaban J connectivity index is 1.80. The monoisotopic (exact) mass is 329 g/mol. The maximum atomic E-state index is 5.31. The van der Waals surface area contributed by atoms with Crippen molar-refractivity contribution >= 4 is 27.4 Å². The summed E-state index contributed by atoms with van der Waals surface area (Å²) in [4.78, 5) is 18.2. The van der Waals surface area contributed by atoms with Gasteiger partial charge in [0.1, 0.15) is 17.0 Å². The van der Waals surface area contributed by atoms with Crippen molar-refractivity contribution in [2.75, 3.05) is 11.4 Å². The summed E-state index contributed by atoms with van der Waals surface area (Å²) in [5, 5.41) is 5.35. The topological polar surface area (TPSA) is 67.9 Å². The molecule has 0 aliphatic carbocycles. The summed E-state index contributed by atoms with van der Waals surface area (Å²) in [6, 6.07) is 0.136. The van der Waals surface area contributed by atoms with Crippen molar-refractivity contribution in [2.24, 2.45) is 0 Å². The molecule has 1 saturated heterocycles. The van der Waals surface area contributed by atoms with Crippen molar-refractivity contribution in [1.29, 1.82) is 0 Å². The third kappa shape index (κ3) is 2.30. The fraction of sp³-hybridized carbons (Fsp3) is 0.500. The van der Waals surface area contributed by atoms with E-state index in [1.807, 2.05) is 6.92 Å². The molecule has 1 aliphatic heterocycles. The molecule has 7 heteroatoms. The van der Waals surface area contributed by atoms with E-state index in [1.54, 1.807) is 17.7 Å². The Bertz CT molecular complexity index is 855. The highest BCUT2D eigenvalue weighted by atomic mass is 32.1. The first-order chi connectivity index (χ1) is 11.2. The Kier molecular flexibility index (Phi) is 3.52. The second-order valence-electron chi connectivity index (χ2n) is 5.91. The van der Waals surface area contributed by atoms with Gasteiger partial charge in [-0.2, -0.15) is 4.98 Å². The largest absolute Gasteiger partial charge is 0.346 e. The molecule has 1 atom stereocenters. The van der Waals surface area contributed by atoms with Gasteiger partial charge in [0, 0.05) is 17.8 Å². The molecule has 0 spiro atoms. The molecule has 6 nitrogen and oxygen atoms in total. The van der Waals surface area contributed by atoms with Crippen LogP contribution in [0, 0.1) is 13.8 Å². The minimum Gasteiger partial charge on any atom is -0.346 e. The highest BCUT2D eigenvalue weighted by Gasteiger charge is 2.32. The summed E-state index contributed by atoms with van der Waals surface area (Å²) in [5.74, 6) is 2.47. The first-order valence-electron chi connectivity index (χ1n) is 7.98. The van der Waals surface area contributed by atoms with E-state index in [-0.39, 0.29) is 6.04 Å². The molecule has 0 saturated carbocycles. The average molecular weight is 329 g/mol. The smallest absolute Gasteiger partial charge is 0.226 e. The second-order valence-corrected chi connectivity index (χ2v) is 7.12. The third-order valence-corrected chi connectivity index (χ3v) is 5.67. The van der Waals surface area contributed by atoms with Gasteiger partial charge in [0.15, 0.2) is 5.82 Å². The van der Waals surface area contributed by atoms with Gasteiger partial charge < -0.3 is 9.42 Å². The Hall–Kier alpha value is -2.02. The van der Waals surface area contributed by atoms with E-state index in [4.69, 9.17) is 4.52 Å². The van der Waals surface area contributed by atoms with Crippen LogP contribution in [0.4, 0.5) is 5.82 Å². The number of nitrogens with zero attached hydrogens (tertiary/aromatic N) is 5. The molecule has 1 fully saturated rings. The van der Waals surface area contributed by atoms with Crippen LogP contribution in [0.5, 0.6) is 0 Å². The Morgan fingerprint density at radius 2 is 2.22 bits per heavy atom. The summed E-state index contributed by atoms with van der Waals surface area (Å²) in [6.45, 7) is 7.27. The van der Waals surface area contributed by atoms with E-state index >= 15 is 0 Å². The number of hydrogen-bond donors (Lipinski definition) is 0. The highest BCUT2D eigenvalue weighted by Crippen LogP contribution is 2.40. The number of aryl methyl sites for hydroxylation is 3. The van der Waals surface area contributed by atoms with Crippen LogP contribution in [-0.2, 0) is 6.42 Å². The standard InChI is InChI=1S/C16H19N5OS/c1-4-12-19-14(20-22-12)11-6-5-7-21(11)15-13-9(2)10(3)23-16(13)18-8-17-15/h8,11H,4-7H2,1-3H3. The molecule has 0 aromatic carbocycles. The maximum absolute atomic E-state index is 5.31. The Morgan fingerprint density at radius 1 is 1.35 bits per heavy atom. The van der Waals surface area contributed by atoms with Crippen molar-refractivity contribution in [2.45, 2.75) is 46.1 Å². The number of fused-ring (bicyclic) bond motifs is 1. The van der Waals surface area contributed by atoms with Gasteiger partial charge in [-0.15, -0.1) is 11.3 Å². The molecule has 23 heavy (non-hydrogen) atoms. The van der Waals surface area contributed by atoms with Gasteiger partial charge >= 0.3 is 0 Å². The molecule has 3 aromatic heterocycles. The zero-order valence-electron chi connectivity index (χ0n) is 13.5. The van der Waals surface area contributed by atoms with E-state index in [0.29, 0.717) is 5.89 Å². The van der Waals surface area contributed by atoms with Crippen LogP contribution in [0.2, 0.25) is 0 Å². The maximum Gasteiger partial charge on any atom is 0.226 e. The van der Waals surface area contributed by atoms with E-state index in [2.05, 4.69) is 38.9 Å². The molecule has 1 unspecified atom stereocenters. The van der Waals surface area contributed by atoms with Gasteiger partial charge in [-0.1, -0.05) is 12.1 Å². The van der Waals surface area contributed by atoms with Gasteiger partial charge in [-0.25, -0.2) is 9.97 Å². The van der Waals surface area contributed by atoms with Crippen molar-refractivity contribution < 1.29 is 4.52 Å². The van der Waals surface area contributed by atoms with Crippen LogP contribution in [-0.4, -0.2) is 26.7 Å². The van der Waals surface area contributed by atoms with Crippen molar-refractivity contribution in [3.05, 3.63) is 28.5 Å². The van der Waals surface area contributed by atoms with E-state index in [0.717, 1.165) is 42.3 Å². The number of aromatic nitrogens is 4. The van der Waals surface area contributed by atoms with Crippen molar-refractivity contribution in [3.8, 4) is 0 Å². The second kappa shape index (κ2) is 5.56. The first kappa shape index (κ1) is 14.6. The molecular weight excluding hydrogens is 310 g/mol. The molecule has 1 aliphatic rings. The lowest BCUT2D eigenvalue weighted by Crippen LogP contribution is -2.24. The summed E-state index contributed by atoms with van der Waals surface area (Å²) in [7, 11) is 0. The SMILES string of the molecule is CCc1nc(C2CCCN2c2ncnc3sc(C)c(C)c23)no1. The lowest BCUT2D eigenvalue weighted by molar-refractivity contribution is 0.373. The predicted molar refractivity (Wildman–Crippen MR) is 89.9 cm³/mol. The summed E-state index contributed by atoms with van der Waals surface area (Å²) < 4.78 is 5.31. The van der Waals surface area contributed by atoms with Crippen molar-refractivity contribution in [1.82, 2.24) is 20.1 Å². The molecule has 0 amide bonds. The summed E-state index contributed by atoms with van der Waals surface area (Å²) in [6.07, 6.45) is 4.56. The van der Waals surface area contributed by atoms with Crippen LogP contribution >= 0.6 is 11.3 Å². The molecule has 120 valence electrons. The number of hydrogen-bond acceptors (Lipinski definition) is 7. The minimum absolute atomic E-state index is 0.136. The summed E-state index contributed by atoms with van der Waals surface area (Å²) in [5.41, 5.74) is 1.27. The van der Waals surface area contributed by atoms with Crippen LogP contribution in [0.1, 0.15) is 48.0 Å². The van der Waals surface area contributed by atoms with Gasteiger partial charge in [0.25, 0.3) is 0 Å². The van der Waals surface area contributed by atoms with E-state index in [1.165, 1.54) is 15.8 Å². The Labute approximate surface area is 138 Å². The Morgan fingerprint density at radius 3 is 3.00 bits per heavy atom. The molecular formula is C16H19N5OS. The fourth-order valence-corrected chi connectivity index (χ4v) is 4.21. The van der Waals surface area contributed by atoms with Gasteiger partial charge in [0.05, 0.1) is 11.4 Å². The van der Waals surface area contributed by atoms with E-state index in [9.17, 15) is 0 Å². The van der Waals surface area contributed by atoms with Crippen LogP contribution in [0.15, 0.2) is 10.9 Å². The molecule has 3 aromatic rings. The molecule has 0 radical (unpaired) electrons. The summed E-state index contributed by atoms with van der Waals surface area (Å²) >= 11 is 1.73. The zero-order chi connectivity index (χ0) is 16.0. The van der Waals surface area contributed by atoms with Gasteiger partial charge in [-0.3, -0.25) is 0 Å². The molecule has 0 N–H and O–H groups in total. The average Bonchev–Trinajstić information content (AvgIpc) is 3.26. The van der Waals surface area contributed by atoms with Crippen molar-refractivity contribution in [3.63, 3.8) is 0 Å². The number of anilines is 1. The third-order valence-electron chi connectivity index (χ3n) is 4.55. The van der Waals surface area contributed by atoms with Crippen LogP contribution < -0.4 is 4.90 Å². The number of rotatable bonds is 3. The number of thiophene rings is 1. The fourth-order valence-electron chi connectivity index (χ4n) is 3.22. The first-order valence-corrected chi connectivity index (χ1v) is 8.80. The highest BCUT2D eigenvalue weighted by molar-refractivity contribution is 7.18. The lowest BCUT2D eigenvalue weighted by Gasteiger charge is -2.24. The minimum atomic E-state index is 0.136.